The van der Waals surface area contributed by atoms with Gasteiger partial charge in [0.25, 0.3) is 0 Å². The van der Waals surface area contributed by atoms with Crippen LogP contribution in [0.1, 0.15) is 44.1 Å². The van der Waals surface area contributed by atoms with Crippen LogP contribution >= 0.6 is 0 Å². The number of urea groups is 1. The molecule has 27 heavy (non-hydrogen) atoms. The molecule has 142 valence electrons. The van der Waals surface area contributed by atoms with Gasteiger partial charge in [-0.25, -0.2) is 4.79 Å². The highest BCUT2D eigenvalue weighted by molar-refractivity contribution is 5.75. The number of rotatable bonds is 4. The highest BCUT2D eigenvalue weighted by atomic mass is 16.2. The van der Waals surface area contributed by atoms with Crippen molar-refractivity contribution in [3.8, 4) is 11.3 Å². The lowest BCUT2D eigenvalue weighted by atomic mass is 9.53. The third kappa shape index (κ3) is 3.22. The van der Waals surface area contributed by atoms with E-state index >= 15 is 0 Å². The predicted octanol–water partition coefficient (Wildman–Crippen LogP) is 3.25. The molecule has 4 fully saturated rings. The molecule has 2 N–H and O–H groups in total. The molecule has 4 aliphatic rings. The summed E-state index contributed by atoms with van der Waals surface area (Å²) in [4.78, 5) is 16.9. The molecule has 6 rings (SSSR count). The molecule has 0 radical (unpaired) electrons. The summed E-state index contributed by atoms with van der Waals surface area (Å²) in [7, 11) is 1.92. The number of nitrogens with one attached hydrogen (secondary N) is 2. The van der Waals surface area contributed by atoms with Gasteiger partial charge in [-0.2, -0.15) is 5.10 Å². The third-order valence-corrected chi connectivity index (χ3v) is 6.78. The van der Waals surface area contributed by atoms with Crippen molar-refractivity contribution in [2.24, 2.45) is 24.8 Å². The lowest BCUT2D eigenvalue weighted by Crippen LogP contribution is -2.61. The highest BCUT2D eigenvalue weighted by Gasteiger charge is 2.51. The molecule has 0 aromatic carbocycles. The van der Waals surface area contributed by atoms with Crippen LogP contribution in [0.2, 0.25) is 0 Å². The van der Waals surface area contributed by atoms with Crippen molar-refractivity contribution in [2.45, 2.75) is 50.6 Å². The van der Waals surface area contributed by atoms with Crippen molar-refractivity contribution in [1.82, 2.24) is 25.4 Å². The van der Waals surface area contributed by atoms with E-state index in [-0.39, 0.29) is 11.6 Å². The molecule has 2 amide bonds. The molecule has 0 spiro atoms. The fourth-order valence-electron chi connectivity index (χ4n) is 6.11. The number of hydrogen-bond donors (Lipinski definition) is 2. The van der Waals surface area contributed by atoms with E-state index in [4.69, 9.17) is 0 Å². The van der Waals surface area contributed by atoms with Crippen LogP contribution in [-0.4, -0.2) is 26.3 Å². The normalized spacial score (nSPS) is 31.1. The first-order valence-corrected chi connectivity index (χ1v) is 10.1. The van der Waals surface area contributed by atoms with Gasteiger partial charge in [0.1, 0.15) is 0 Å². The van der Waals surface area contributed by atoms with E-state index in [9.17, 15) is 4.79 Å². The number of aryl methyl sites for hydroxylation is 1. The maximum atomic E-state index is 12.6. The zero-order chi connectivity index (χ0) is 18.4. The van der Waals surface area contributed by atoms with Gasteiger partial charge in [0.2, 0.25) is 0 Å². The Hall–Kier alpha value is -2.37. The number of pyridine rings is 1. The van der Waals surface area contributed by atoms with Crippen molar-refractivity contribution in [2.75, 3.05) is 0 Å². The zero-order valence-corrected chi connectivity index (χ0v) is 15.8. The molecular weight excluding hydrogens is 338 g/mol. The molecular formula is C21H27N5O. The van der Waals surface area contributed by atoms with Crippen LogP contribution in [0, 0.1) is 17.8 Å². The minimum atomic E-state index is -0.0390. The minimum absolute atomic E-state index is 0.0390. The first-order valence-electron chi connectivity index (χ1n) is 10.1. The molecule has 0 saturated heterocycles. The molecule has 0 unspecified atom stereocenters. The third-order valence-electron chi connectivity index (χ3n) is 6.78. The summed E-state index contributed by atoms with van der Waals surface area (Å²) < 4.78 is 1.83. The zero-order valence-electron chi connectivity index (χ0n) is 15.8. The van der Waals surface area contributed by atoms with E-state index in [1.807, 2.05) is 30.2 Å². The smallest absolute Gasteiger partial charge is 0.315 e. The van der Waals surface area contributed by atoms with Crippen LogP contribution in [0.5, 0.6) is 0 Å². The molecule has 6 heteroatoms. The second kappa shape index (κ2) is 6.36. The Kier molecular flexibility index (Phi) is 3.95. The summed E-state index contributed by atoms with van der Waals surface area (Å²) in [6.45, 7) is 0.483. The molecule has 6 nitrogen and oxygen atoms in total. The lowest BCUT2D eigenvalue weighted by molar-refractivity contribution is -0.0135. The number of hydrogen-bond acceptors (Lipinski definition) is 3. The van der Waals surface area contributed by atoms with Crippen molar-refractivity contribution in [3.05, 3.63) is 36.3 Å². The summed E-state index contributed by atoms with van der Waals surface area (Å²) in [6, 6.07) is 3.99. The SMILES string of the molecule is Cn1nccc1-c1cncc(CNC(=O)NC23CC4CC(CC(C4)C2)C3)c1. The predicted molar refractivity (Wildman–Crippen MR) is 103 cm³/mol. The fourth-order valence-corrected chi connectivity index (χ4v) is 6.11. The number of nitrogens with zero attached hydrogens (tertiary/aromatic N) is 3. The van der Waals surface area contributed by atoms with Crippen molar-refractivity contribution >= 4 is 6.03 Å². The summed E-state index contributed by atoms with van der Waals surface area (Å²) in [5.41, 5.74) is 3.07. The summed E-state index contributed by atoms with van der Waals surface area (Å²) >= 11 is 0. The van der Waals surface area contributed by atoms with E-state index in [2.05, 4.69) is 26.8 Å². The van der Waals surface area contributed by atoms with E-state index in [0.29, 0.717) is 6.54 Å². The van der Waals surface area contributed by atoms with E-state index in [1.54, 1.807) is 6.20 Å². The lowest BCUT2D eigenvalue weighted by Gasteiger charge is -2.56. The van der Waals surface area contributed by atoms with E-state index in [1.165, 1.54) is 38.5 Å². The van der Waals surface area contributed by atoms with Crippen molar-refractivity contribution in [3.63, 3.8) is 0 Å². The number of amides is 2. The minimum Gasteiger partial charge on any atom is -0.334 e. The van der Waals surface area contributed by atoms with Gasteiger partial charge < -0.3 is 10.6 Å². The topological polar surface area (TPSA) is 71.8 Å². The van der Waals surface area contributed by atoms with Crippen LogP contribution in [0.15, 0.2) is 30.7 Å². The second-order valence-corrected chi connectivity index (χ2v) is 8.93. The van der Waals surface area contributed by atoms with E-state index < -0.39 is 0 Å². The number of carbonyl (C=O) groups is 1. The van der Waals surface area contributed by atoms with Crippen molar-refractivity contribution < 1.29 is 4.79 Å². The fraction of sp³-hybridized carbons (Fsp3) is 0.571. The molecule has 2 heterocycles. The Bertz CT molecular complexity index is 822. The Morgan fingerprint density at radius 3 is 2.52 bits per heavy atom. The van der Waals surface area contributed by atoms with Crippen LogP contribution in [0.25, 0.3) is 11.3 Å². The van der Waals surface area contributed by atoms with Gasteiger partial charge in [0, 0.05) is 43.3 Å². The van der Waals surface area contributed by atoms with Gasteiger partial charge in [0.15, 0.2) is 0 Å². The first-order chi connectivity index (χ1) is 13.1. The van der Waals surface area contributed by atoms with Gasteiger partial charge in [-0.05, 0) is 74.0 Å². The summed E-state index contributed by atoms with van der Waals surface area (Å²) in [6.07, 6.45) is 13.1. The van der Waals surface area contributed by atoms with Gasteiger partial charge in [0.05, 0.1) is 5.69 Å². The van der Waals surface area contributed by atoms with Crippen molar-refractivity contribution in [1.29, 1.82) is 0 Å². The Labute approximate surface area is 159 Å². The molecule has 0 atom stereocenters. The first kappa shape index (κ1) is 16.8. The van der Waals surface area contributed by atoms with Crippen LogP contribution in [-0.2, 0) is 13.6 Å². The quantitative estimate of drug-likeness (QED) is 0.874. The number of aromatic nitrogens is 3. The van der Waals surface area contributed by atoms with Gasteiger partial charge in [-0.15, -0.1) is 0 Å². The maximum absolute atomic E-state index is 12.6. The summed E-state index contributed by atoms with van der Waals surface area (Å²) in [5, 5.41) is 10.6. The maximum Gasteiger partial charge on any atom is 0.315 e. The highest BCUT2D eigenvalue weighted by Crippen LogP contribution is 2.55. The Balaban J connectivity index is 1.22. The number of carbonyl (C=O) groups excluding carboxylic acids is 1. The van der Waals surface area contributed by atoms with E-state index in [0.717, 1.165) is 34.6 Å². The monoisotopic (exact) mass is 365 g/mol. The average molecular weight is 365 g/mol. The molecule has 4 saturated carbocycles. The van der Waals surface area contributed by atoms with Crippen LogP contribution in [0.3, 0.4) is 0 Å². The largest absolute Gasteiger partial charge is 0.334 e. The van der Waals surface area contributed by atoms with Gasteiger partial charge >= 0.3 is 6.03 Å². The molecule has 4 bridgehead atoms. The van der Waals surface area contributed by atoms with Crippen LogP contribution < -0.4 is 10.6 Å². The molecule has 0 aliphatic heterocycles. The summed E-state index contributed by atoms with van der Waals surface area (Å²) in [5.74, 6) is 2.49. The van der Waals surface area contributed by atoms with Crippen LogP contribution in [0.4, 0.5) is 4.79 Å². The standard InChI is InChI=1S/C21H27N5O/c1-26-19(2-3-24-26)18-7-17(11-22-13-18)12-23-20(27)25-21-8-14-4-15(9-21)6-16(5-14)10-21/h2-3,7,11,13-16H,4-6,8-10,12H2,1H3,(H2,23,25,27). The molecule has 2 aromatic heterocycles. The second-order valence-electron chi connectivity index (χ2n) is 8.93. The Morgan fingerprint density at radius 1 is 1.19 bits per heavy atom. The Morgan fingerprint density at radius 2 is 1.89 bits per heavy atom. The average Bonchev–Trinajstić information content (AvgIpc) is 3.05. The van der Waals surface area contributed by atoms with Gasteiger partial charge in [-0.1, -0.05) is 0 Å². The molecule has 2 aromatic rings. The van der Waals surface area contributed by atoms with Gasteiger partial charge in [-0.3, -0.25) is 9.67 Å². The molecule has 4 aliphatic carbocycles.